The van der Waals surface area contributed by atoms with Crippen LogP contribution in [0.2, 0.25) is 0 Å². The van der Waals surface area contributed by atoms with E-state index in [-0.39, 0.29) is 5.91 Å². The van der Waals surface area contributed by atoms with Crippen molar-refractivity contribution in [1.29, 1.82) is 0 Å². The molecule has 0 atom stereocenters. The average molecular weight is 289 g/mol. The van der Waals surface area contributed by atoms with Gasteiger partial charge in [0.05, 0.1) is 7.11 Å². The Morgan fingerprint density at radius 1 is 1.45 bits per heavy atom. The largest absolute Gasteiger partial charge is 0.497 e. The molecular formula is C14H15N3O2S. The first kappa shape index (κ1) is 14.2. The third kappa shape index (κ3) is 3.89. The Labute approximate surface area is 121 Å². The van der Waals surface area contributed by atoms with E-state index in [9.17, 15) is 4.79 Å². The summed E-state index contributed by atoms with van der Waals surface area (Å²) in [5, 5.41) is 11.9. The number of aromatic nitrogens is 2. The van der Waals surface area contributed by atoms with Gasteiger partial charge in [-0.1, -0.05) is 30.4 Å². The van der Waals surface area contributed by atoms with E-state index in [0.29, 0.717) is 5.13 Å². The van der Waals surface area contributed by atoms with Crippen LogP contribution in [0, 0.1) is 0 Å². The lowest BCUT2D eigenvalue weighted by molar-refractivity contribution is -0.111. The Morgan fingerprint density at radius 2 is 2.30 bits per heavy atom. The van der Waals surface area contributed by atoms with Crippen molar-refractivity contribution in [1.82, 2.24) is 10.2 Å². The zero-order valence-electron chi connectivity index (χ0n) is 11.3. The number of hydrogen-bond acceptors (Lipinski definition) is 5. The number of rotatable bonds is 5. The molecule has 0 radical (unpaired) electrons. The molecule has 0 aliphatic heterocycles. The van der Waals surface area contributed by atoms with Gasteiger partial charge >= 0.3 is 0 Å². The maximum atomic E-state index is 11.7. The van der Waals surface area contributed by atoms with Gasteiger partial charge in [0.2, 0.25) is 11.0 Å². The summed E-state index contributed by atoms with van der Waals surface area (Å²) >= 11 is 1.38. The highest BCUT2D eigenvalue weighted by Gasteiger charge is 2.04. The Bertz CT molecular complexity index is 622. The predicted molar refractivity (Wildman–Crippen MR) is 79.9 cm³/mol. The average Bonchev–Trinajstić information content (AvgIpc) is 2.93. The Balaban J connectivity index is 1.97. The van der Waals surface area contributed by atoms with Gasteiger partial charge in [0.25, 0.3) is 0 Å². The topological polar surface area (TPSA) is 64.1 Å². The highest BCUT2D eigenvalue weighted by Crippen LogP contribution is 2.16. The minimum Gasteiger partial charge on any atom is -0.497 e. The summed E-state index contributed by atoms with van der Waals surface area (Å²) in [6.45, 7) is 1.99. The number of ether oxygens (including phenoxy) is 1. The highest BCUT2D eigenvalue weighted by atomic mass is 32.1. The lowest BCUT2D eigenvalue weighted by Crippen LogP contribution is -2.07. The van der Waals surface area contributed by atoms with Crippen molar-refractivity contribution in [2.45, 2.75) is 13.3 Å². The quantitative estimate of drug-likeness (QED) is 0.860. The number of nitrogens with one attached hydrogen (secondary N) is 1. The first-order valence-corrected chi connectivity index (χ1v) is 6.98. The molecule has 0 aliphatic rings. The number of amides is 1. The summed E-state index contributed by atoms with van der Waals surface area (Å²) in [5.74, 6) is 0.524. The van der Waals surface area contributed by atoms with Crippen LogP contribution in [0.15, 0.2) is 30.3 Å². The number of methoxy groups -OCH3 is 1. The molecule has 1 heterocycles. The van der Waals surface area contributed by atoms with Gasteiger partial charge in [-0.15, -0.1) is 10.2 Å². The van der Waals surface area contributed by atoms with Gasteiger partial charge in [-0.05, 0) is 30.2 Å². The van der Waals surface area contributed by atoms with Crippen molar-refractivity contribution in [3.63, 3.8) is 0 Å². The van der Waals surface area contributed by atoms with Crippen molar-refractivity contribution >= 4 is 28.5 Å². The molecular weight excluding hydrogens is 274 g/mol. The molecule has 0 bridgehead atoms. The van der Waals surface area contributed by atoms with Gasteiger partial charge in [0.15, 0.2) is 0 Å². The molecule has 6 heteroatoms. The van der Waals surface area contributed by atoms with E-state index < -0.39 is 0 Å². The van der Waals surface area contributed by atoms with Crippen LogP contribution in [-0.2, 0) is 11.2 Å². The minimum atomic E-state index is -0.230. The fourth-order valence-electron chi connectivity index (χ4n) is 1.51. The van der Waals surface area contributed by atoms with Crippen LogP contribution in [0.5, 0.6) is 5.75 Å². The number of hydrogen-bond donors (Lipinski definition) is 1. The Hall–Kier alpha value is -2.21. The number of nitrogens with zero attached hydrogens (tertiary/aromatic N) is 2. The fourth-order valence-corrected chi connectivity index (χ4v) is 2.19. The molecule has 2 aromatic rings. The van der Waals surface area contributed by atoms with Crippen LogP contribution in [0.1, 0.15) is 17.5 Å². The zero-order valence-corrected chi connectivity index (χ0v) is 12.1. The van der Waals surface area contributed by atoms with E-state index in [0.717, 1.165) is 22.7 Å². The van der Waals surface area contributed by atoms with Gasteiger partial charge in [-0.3, -0.25) is 10.1 Å². The Kier molecular flexibility index (Phi) is 4.84. The van der Waals surface area contributed by atoms with Crippen LogP contribution >= 0.6 is 11.3 Å². The van der Waals surface area contributed by atoms with Crippen LogP contribution in [0.25, 0.3) is 6.08 Å². The van der Waals surface area contributed by atoms with Gasteiger partial charge in [-0.2, -0.15) is 0 Å². The maximum Gasteiger partial charge on any atom is 0.250 e. The molecule has 0 aliphatic carbocycles. The van der Waals surface area contributed by atoms with Crippen molar-refractivity contribution < 1.29 is 9.53 Å². The summed E-state index contributed by atoms with van der Waals surface area (Å²) < 4.78 is 5.12. The number of aryl methyl sites for hydroxylation is 1. The molecule has 5 nitrogen and oxygen atoms in total. The van der Waals surface area contributed by atoms with Crippen molar-refractivity contribution in [3.05, 3.63) is 40.9 Å². The van der Waals surface area contributed by atoms with Gasteiger partial charge < -0.3 is 4.74 Å². The molecule has 104 valence electrons. The Morgan fingerprint density at radius 3 is 3.00 bits per heavy atom. The lowest BCUT2D eigenvalue weighted by Gasteiger charge is -2.00. The summed E-state index contributed by atoms with van der Waals surface area (Å²) in [4.78, 5) is 11.7. The number of benzene rings is 1. The van der Waals surface area contributed by atoms with Crippen LogP contribution < -0.4 is 10.1 Å². The van der Waals surface area contributed by atoms with E-state index >= 15 is 0 Å². The fraction of sp³-hybridized carbons (Fsp3) is 0.214. The molecule has 1 aromatic carbocycles. The molecule has 2 rings (SSSR count). The molecule has 0 spiro atoms. The lowest BCUT2D eigenvalue weighted by atomic mass is 10.2. The maximum absolute atomic E-state index is 11.7. The third-order valence-electron chi connectivity index (χ3n) is 2.52. The zero-order chi connectivity index (χ0) is 14.4. The monoisotopic (exact) mass is 289 g/mol. The number of carbonyl (C=O) groups is 1. The second-order valence-corrected chi connectivity index (χ2v) is 5.02. The first-order chi connectivity index (χ1) is 9.71. The third-order valence-corrected chi connectivity index (χ3v) is 3.50. The molecule has 1 amide bonds. The van der Waals surface area contributed by atoms with Crippen molar-refractivity contribution in [3.8, 4) is 5.75 Å². The smallest absolute Gasteiger partial charge is 0.250 e. The van der Waals surface area contributed by atoms with Crippen LogP contribution in [-0.4, -0.2) is 23.2 Å². The molecule has 1 N–H and O–H groups in total. The van der Waals surface area contributed by atoms with Gasteiger partial charge in [-0.25, -0.2) is 0 Å². The number of carbonyl (C=O) groups excluding carboxylic acids is 1. The summed E-state index contributed by atoms with van der Waals surface area (Å²) in [5.41, 5.74) is 0.894. The second kappa shape index (κ2) is 6.81. The number of anilines is 1. The normalized spacial score (nSPS) is 10.7. The highest BCUT2D eigenvalue weighted by molar-refractivity contribution is 7.15. The first-order valence-electron chi connectivity index (χ1n) is 6.16. The van der Waals surface area contributed by atoms with Crippen molar-refractivity contribution in [2.75, 3.05) is 12.4 Å². The summed E-state index contributed by atoms with van der Waals surface area (Å²) in [7, 11) is 1.61. The summed E-state index contributed by atoms with van der Waals surface area (Å²) in [6, 6.07) is 7.47. The predicted octanol–water partition coefficient (Wildman–Crippen LogP) is 2.76. The van der Waals surface area contributed by atoms with E-state index in [1.54, 1.807) is 13.2 Å². The van der Waals surface area contributed by atoms with E-state index in [2.05, 4.69) is 15.5 Å². The SMILES string of the molecule is CCc1nnc(NC(=O)/C=C/c2cccc(OC)c2)s1. The van der Waals surface area contributed by atoms with E-state index in [1.807, 2.05) is 31.2 Å². The molecule has 20 heavy (non-hydrogen) atoms. The van der Waals surface area contributed by atoms with E-state index in [1.165, 1.54) is 17.4 Å². The molecule has 0 saturated heterocycles. The van der Waals surface area contributed by atoms with Crippen LogP contribution in [0.4, 0.5) is 5.13 Å². The molecule has 0 unspecified atom stereocenters. The van der Waals surface area contributed by atoms with E-state index in [4.69, 9.17) is 4.74 Å². The minimum absolute atomic E-state index is 0.230. The van der Waals surface area contributed by atoms with Crippen LogP contribution in [0.3, 0.4) is 0 Å². The molecule has 0 saturated carbocycles. The summed E-state index contributed by atoms with van der Waals surface area (Å²) in [6.07, 6.45) is 3.99. The van der Waals surface area contributed by atoms with Crippen molar-refractivity contribution in [2.24, 2.45) is 0 Å². The standard InChI is InChI=1S/C14H15N3O2S/c1-3-13-16-17-14(20-13)15-12(18)8-7-10-5-4-6-11(9-10)19-2/h4-9H,3H2,1-2H3,(H,15,17,18)/b8-7+. The van der Waals surface area contributed by atoms with Gasteiger partial charge in [0.1, 0.15) is 10.8 Å². The van der Waals surface area contributed by atoms with Gasteiger partial charge in [0, 0.05) is 6.08 Å². The molecule has 0 fully saturated rings. The molecule has 1 aromatic heterocycles. The second-order valence-electron chi connectivity index (χ2n) is 3.95.